The van der Waals surface area contributed by atoms with Crippen LogP contribution in [0.3, 0.4) is 0 Å². The fourth-order valence-electron chi connectivity index (χ4n) is 1.33. The Morgan fingerprint density at radius 1 is 1.44 bits per heavy atom. The quantitative estimate of drug-likeness (QED) is 0.719. The topological polar surface area (TPSA) is 73.6 Å². The van der Waals surface area contributed by atoms with E-state index in [0.29, 0.717) is 31.1 Å². The normalized spacial score (nSPS) is 11.9. The summed E-state index contributed by atoms with van der Waals surface area (Å²) in [7, 11) is 1.62. The molecule has 1 rings (SSSR count). The summed E-state index contributed by atoms with van der Waals surface area (Å²) >= 11 is 0. The Balaban J connectivity index is 2.56. The van der Waals surface area contributed by atoms with Gasteiger partial charge in [0.05, 0.1) is 12.6 Å². The smallest absolute Gasteiger partial charge is 0.241 e. The average Bonchev–Trinajstić information content (AvgIpc) is 2.38. The zero-order valence-corrected chi connectivity index (χ0v) is 10.8. The first-order valence-electron chi connectivity index (χ1n) is 5.95. The van der Waals surface area contributed by atoms with Crippen LogP contribution in [0.1, 0.15) is 13.3 Å². The van der Waals surface area contributed by atoms with Crippen LogP contribution in [0.15, 0.2) is 24.3 Å². The van der Waals surface area contributed by atoms with Gasteiger partial charge in [0.1, 0.15) is 12.4 Å². The molecule has 0 aliphatic rings. The molecule has 5 heteroatoms. The number of ether oxygens (including phenoxy) is 2. The van der Waals surface area contributed by atoms with Gasteiger partial charge >= 0.3 is 0 Å². The minimum Gasteiger partial charge on any atom is -0.491 e. The molecule has 0 saturated carbocycles. The van der Waals surface area contributed by atoms with Gasteiger partial charge in [-0.25, -0.2) is 0 Å². The van der Waals surface area contributed by atoms with Crippen LogP contribution in [-0.4, -0.2) is 32.3 Å². The van der Waals surface area contributed by atoms with Crippen molar-refractivity contribution in [1.29, 1.82) is 0 Å². The first-order valence-corrected chi connectivity index (χ1v) is 5.95. The zero-order chi connectivity index (χ0) is 13.4. The molecule has 0 aliphatic carbocycles. The number of nitrogens with two attached hydrogens (primary N) is 1. The molecule has 1 atom stereocenters. The maximum Gasteiger partial charge on any atom is 0.241 e. The predicted octanol–water partition coefficient (Wildman–Crippen LogP) is 1.39. The highest BCUT2D eigenvalue weighted by atomic mass is 16.5. The zero-order valence-electron chi connectivity index (χ0n) is 10.8. The van der Waals surface area contributed by atoms with E-state index in [4.69, 9.17) is 15.2 Å². The Hall–Kier alpha value is -1.59. The summed E-state index contributed by atoms with van der Waals surface area (Å²) in [6, 6.07) is 6.71. The Kier molecular flexibility index (Phi) is 6.18. The molecule has 0 radical (unpaired) electrons. The molecule has 0 fully saturated rings. The van der Waals surface area contributed by atoms with E-state index in [-0.39, 0.29) is 5.91 Å². The number of methoxy groups -OCH3 is 1. The largest absolute Gasteiger partial charge is 0.491 e. The van der Waals surface area contributed by atoms with E-state index in [0.717, 1.165) is 0 Å². The summed E-state index contributed by atoms with van der Waals surface area (Å²) in [5, 5.41) is 2.75. The van der Waals surface area contributed by atoms with Crippen LogP contribution >= 0.6 is 0 Å². The number of amides is 1. The van der Waals surface area contributed by atoms with Crippen LogP contribution in [0.25, 0.3) is 0 Å². The second-order valence-electron chi connectivity index (χ2n) is 3.87. The van der Waals surface area contributed by atoms with E-state index in [1.54, 1.807) is 19.2 Å². The SMILES string of the molecule is CC[C@@H](N)C(=O)Nc1cccc(OCCOC)c1. The minimum absolute atomic E-state index is 0.188. The summed E-state index contributed by atoms with van der Waals surface area (Å²) in [6.07, 6.45) is 0.607. The standard InChI is InChI=1S/C13H20N2O3/c1-3-12(14)13(16)15-10-5-4-6-11(9-10)18-8-7-17-2/h4-6,9,12H,3,7-8,14H2,1-2H3,(H,15,16)/t12-/m1/s1. The van der Waals surface area contributed by atoms with Crippen LogP contribution in [0.4, 0.5) is 5.69 Å². The van der Waals surface area contributed by atoms with Crippen LogP contribution in [-0.2, 0) is 9.53 Å². The summed E-state index contributed by atoms with van der Waals surface area (Å²) in [6.45, 7) is 2.87. The van der Waals surface area contributed by atoms with Crippen LogP contribution < -0.4 is 15.8 Å². The molecule has 3 N–H and O–H groups in total. The summed E-state index contributed by atoms with van der Waals surface area (Å²) < 4.78 is 10.3. The van der Waals surface area contributed by atoms with Gasteiger partial charge in [0.25, 0.3) is 0 Å². The van der Waals surface area contributed by atoms with Gasteiger partial charge in [-0.2, -0.15) is 0 Å². The monoisotopic (exact) mass is 252 g/mol. The molecule has 1 aromatic rings. The molecule has 1 amide bonds. The molecule has 100 valence electrons. The number of benzene rings is 1. The molecule has 0 bridgehead atoms. The number of hydrogen-bond donors (Lipinski definition) is 2. The number of carbonyl (C=O) groups is 1. The summed E-state index contributed by atoms with van der Waals surface area (Å²) in [5.74, 6) is 0.501. The minimum atomic E-state index is -0.483. The third-order valence-electron chi connectivity index (χ3n) is 2.43. The Morgan fingerprint density at radius 3 is 2.89 bits per heavy atom. The molecule has 0 heterocycles. The van der Waals surface area contributed by atoms with Gasteiger partial charge in [-0.1, -0.05) is 13.0 Å². The van der Waals surface area contributed by atoms with E-state index in [2.05, 4.69) is 5.32 Å². The fraction of sp³-hybridized carbons (Fsp3) is 0.462. The lowest BCUT2D eigenvalue weighted by atomic mass is 10.2. The third-order valence-corrected chi connectivity index (χ3v) is 2.43. The second kappa shape index (κ2) is 7.68. The molecule has 0 aromatic heterocycles. The van der Waals surface area contributed by atoms with Crippen molar-refractivity contribution in [2.75, 3.05) is 25.6 Å². The van der Waals surface area contributed by atoms with Gasteiger partial charge in [0.2, 0.25) is 5.91 Å². The molecule has 0 aliphatic heterocycles. The van der Waals surface area contributed by atoms with E-state index < -0.39 is 6.04 Å². The highest BCUT2D eigenvalue weighted by molar-refractivity contribution is 5.94. The van der Waals surface area contributed by atoms with Crippen molar-refractivity contribution in [2.45, 2.75) is 19.4 Å². The molecule has 0 saturated heterocycles. The van der Waals surface area contributed by atoms with Crippen molar-refractivity contribution >= 4 is 11.6 Å². The molecular weight excluding hydrogens is 232 g/mol. The first kappa shape index (κ1) is 14.5. The van der Waals surface area contributed by atoms with Gasteiger partial charge in [0.15, 0.2) is 0 Å². The molecule has 5 nitrogen and oxygen atoms in total. The summed E-state index contributed by atoms with van der Waals surface area (Å²) in [4.78, 5) is 11.6. The van der Waals surface area contributed by atoms with Crippen molar-refractivity contribution in [3.8, 4) is 5.75 Å². The van der Waals surface area contributed by atoms with E-state index in [1.807, 2.05) is 19.1 Å². The van der Waals surface area contributed by atoms with E-state index >= 15 is 0 Å². The number of carbonyl (C=O) groups excluding carboxylic acids is 1. The highest BCUT2D eigenvalue weighted by Gasteiger charge is 2.10. The fourth-order valence-corrected chi connectivity index (χ4v) is 1.33. The average molecular weight is 252 g/mol. The number of rotatable bonds is 7. The summed E-state index contributed by atoms with van der Waals surface area (Å²) in [5.41, 5.74) is 6.32. The third kappa shape index (κ3) is 4.73. The van der Waals surface area contributed by atoms with Crippen molar-refractivity contribution in [3.63, 3.8) is 0 Å². The lowest BCUT2D eigenvalue weighted by Gasteiger charge is -2.11. The van der Waals surface area contributed by atoms with Gasteiger partial charge in [-0.05, 0) is 18.6 Å². The number of hydrogen-bond acceptors (Lipinski definition) is 4. The van der Waals surface area contributed by atoms with Gasteiger partial charge in [-0.3, -0.25) is 4.79 Å². The van der Waals surface area contributed by atoms with E-state index in [9.17, 15) is 4.79 Å². The van der Waals surface area contributed by atoms with Gasteiger partial charge < -0.3 is 20.5 Å². The Labute approximate surface area is 107 Å². The van der Waals surface area contributed by atoms with Crippen molar-refractivity contribution in [2.24, 2.45) is 5.73 Å². The lowest BCUT2D eigenvalue weighted by Crippen LogP contribution is -2.34. The van der Waals surface area contributed by atoms with Crippen molar-refractivity contribution < 1.29 is 14.3 Å². The number of nitrogens with one attached hydrogen (secondary N) is 1. The van der Waals surface area contributed by atoms with Gasteiger partial charge in [0, 0.05) is 18.9 Å². The van der Waals surface area contributed by atoms with Crippen molar-refractivity contribution in [1.82, 2.24) is 0 Å². The predicted molar refractivity (Wildman–Crippen MR) is 70.7 cm³/mol. The highest BCUT2D eigenvalue weighted by Crippen LogP contribution is 2.17. The maximum atomic E-state index is 11.6. The van der Waals surface area contributed by atoms with E-state index in [1.165, 1.54) is 0 Å². The van der Waals surface area contributed by atoms with Crippen molar-refractivity contribution in [3.05, 3.63) is 24.3 Å². The molecule has 18 heavy (non-hydrogen) atoms. The lowest BCUT2D eigenvalue weighted by molar-refractivity contribution is -0.117. The number of anilines is 1. The Bertz CT molecular complexity index is 382. The first-order chi connectivity index (χ1) is 8.67. The molecule has 1 aromatic carbocycles. The van der Waals surface area contributed by atoms with Gasteiger partial charge in [-0.15, -0.1) is 0 Å². The second-order valence-corrected chi connectivity index (χ2v) is 3.87. The molecular formula is C13H20N2O3. The molecule has 0 spiro atoms. The van der Waals surface area contributed by atoms with Crippen LogP contribution in [0.2, 0.25) is 0 Å². The maximum absolute atomic E-state index is 11.6. The Morgan fingerprint density at radius 2 is 2.22 bits per heavy atom. The van der Waals surface area contributed by atoms with Crippen LogP contribution in [0.5, 0.6) is 5.75 Å². The van der Waals surface area contributed by atoms with Crippen LogP contribution in [0, 0.1) is 0 Å². The molecule has 0 unspecified atom stereocenters.